The van der Waals surface area contributed by atoms with E-state index >= 15 is 0 Å². The minimum absolute atomic E-state index is 0.0177. The molecule has 2 N–H and O–H groups in total. The van der Waals surface area contributed by atoms with Crippen LogP contribution in [-0.4, -0.2) is 56.2 Å². The lowest BCUT2D eigenvalue weighted by atomic mass is 10.1. The van der Waals surface area contributed by atoms with Gasteiger partial charge in [-0.1, -0.05) is 32.0 Å². The van der Waals surface area contributed by atoms with Crippen LogP contribution in [-0.2, 0) is 16.1 Å². The molecular formula is C25H33N3O4. The van der Waals surface area contributed by atoms with Gasteiger partial charge in [0.25, 0.3) is 5.91 Å². The van der Waals surface area contributed by atoms with E-state index in [-0.39, 0.29) is 11.8 Å². The monoisotopic (exact) mass is 439 g/mol. The van der Waals surface area contributed by atoms with Gasteiger partial charge in [0.1, 0.15) is 5.75 Å². The van der Waals surface area contributed by atoms with E-state index in [2.05, 4.69) is 29.4 Å². The molecular weight excluding hydrogens is 406 g/mol. The van der Waals surface area contributed by atoms with E-state index in [4.69, 9.17) is 9.47 Å². The number of anilines is 1. The molecule has 0 bridgehead atoms. The van der Waals surface area contributed by atoms with E-state index in [1.807, 2.05) is 36.4 Å². The van der Waals surface area contributed by atoms with Gasteiger partial charge in [0.15, 0.2) is 0 Å². The third-order valence-electron chi connectivity index (χ3n) is 5.10. The smallest absolute Gasteiger partial charge is 0.251 e. The number of ether oxygens (including phenoxy) is 2. The number of amides is 2. The highest BCUT2D eigenvalue weighted by molar-refractivity contribution is 5.94. The Bertz CT molecular complexity index is 894. The van der Waals surface area contributed by atoms with E-state index < -0.39 is 0 Å². The normalized spacial score (nSPS) is 14.2. The zero-order valence-corrected chi connectivity index (χ0v) is 18.9. The average Bonchev–Trinajstić information content (AvgIpc) is 2.81. The fourth-order valence-corrected chi connectivity index (χ4v) is 3.34. The van der Waals surface area contributed by atoms with Gasteiger partial charge in [-0.3, -0.25) is 14.5 Å². The van der Waals surface area contributed by atoms with Gasteiger partial charge < -0.3 is 20.1 Å². The molecule has 2 amide bonds. The molecule has 32 heavy (non-hydrogen) atoms. The maximum absolute atomic E-state index is 12.6. The van der Waals surface area contributed by atoms with Gasteiger partial charge in [0.2, 0.25) is 5.91 Å². The number of hydrogen-bond donors (Lipinski definition) is 2. The standard InChI is InChI=1S/C25H33N3O4/c1-19(2)18-32-23-8-4-6-21(16-23)25(30)26-17-20-5-3-7-22(15-20)27-24(29)9-10-28-11-13-31-14-12-28/h3-8,15-16,19H,9-14,17-18H2,1-2H3,(H,26,30)(H,27,29). The fraction of sp³-hybridized carbons (Fsp3) is 0.440. The number of benzene rings is 2. The second-order valence-electron chi connectivity index (χ2n) is 8.37. The molecule has 0 saturated carbocycles. The van der Waals surface area contributed by atoms with Crippen LogP contribution in [0.2, 0.25) is 0 Å². The van der Waals surface area contributed by atoms with Gasteiger partial charge >= 0.3 is 0 Å². The summed E-state index contributed by atoms with van der Waals surface area (Å²) in [6, 6.07) is 14.7. The zero-order valence-electron chi connectivity index (χ0n) is 18.9. The molecule has 1 aliphatic heterocycles. The molecule has 0 unspecified atom stereocenters. The number of morpholine rings is 1. The van der Waals surface area contributed by atoms with Gasteiger partial charge in [0, 0.05) is 43.9 Å². The summed E-state index contributed by atoms with van der Waals surface area (Å²) in [5, 5.41) is 5.88. The predicted molar refractivity (Wildman–Crippen MR) is 125 cm³/mol. The van der Waals surface area contributed by atoms with Crippen molar-refractivity contribution in [3.63, 3.8) is 0 Å². The second kappa shape index (κ2) is 12.2. The molecule has 2 aromatic carbocycles. The van der Waals surface area contributed by atoms with E-state index in [1.165, 1.54) is 0 Å². The maximum Gasteiger partial charge on any atom is 0.251 e. The van der Waals surface area contributed by atoms with Crippen LogP contribution in [0.15, 0.2) is 48.5 Å². The predicted octanol–water partition coefficient (Wildman–Crippen LogP) is 3.31. The van der Waals surface area contributed by atoms with Crippen LogP contribution in [0.3, 0.4) is 0 Å². The largest absolute Gasteiger partial charge is 0.493 e. The lowest BCUT2D eigenvalue weighted by Crippen LogP contribution is -2.38. The van der Waals surface area contributed by atoms with Crippen LogP contribution in [0.5, 0.6) is 5.75 Å². The SMILES string of the molecule is CC(C)COc1cccc(C(=O)NCc2cccc(NC(=O)CCN3CCOCC3)c2)c1. The van der Waals surface area contributed by atoms with E-state index in [0.717, 1.165) is 44.1 Å². The Labute approximate surface area is 190 Å². The summed E-state index contributed by atoms with van der Waals surface area (Å²) in [6.07, 6.45) is 0.441. The molecule has 0 aromatic heterocycles. The third kappa shape index (κ3) is 7.98. The molecule has 0 radical (unpaired) electrons. The van der Waals surface area contributed by atoms with E-state index in [9.17, 15) is 9.59 Å². The summed E-state index contributed by atoms with van der Waals surface area (Å²) in [4.78, 5) is 27.1. The highest BCUT2D eigenvalue weighted by Gasteiger charge is 2.12. The molecule has 172 valence electrons. The Hall–Kier alpha value is -2.90. The number of carbonyl (C=O) groups excluding carboxylic acids is 2. The molecule has 0 spiro atoms. The average molecular weight is 440 g/mol. The van der Waals surface area contributed by atoms with Crippen molar-refractivity contribution in [3.05, 3.63) is 59.7 Å². The summed E-state index contributed by atoms with van der Waals surface area (Å²) >= 11 is 0. The molecule has 0 aliphatic carbocycles. The first-order valence-electron chi connectivity index (χ1n) is 11.2. The molecule has 3 rings (SSSR count). The topological polar surface area (TPSA) is 79.9 Å². The lowest BCUT2D eigenvalue weighted by molar-refractivity contribution is -0.116. The Balaban J connectivity index is 1.47. The number of hydrogen-bond acceptors (Lipinski definition) is 5. The van der Waals surface area contributed by atoms with Crippen molar-refractivity contribution in [2.24, 2.45) is 5.92 Å². The number of nitrogens with zero attached hydrogens (tertiary/aromatic N) is 1. The van der Waals surface area contributed by atoms with Crippen LogP contribution in [0.25, 0.3) is 0 Å². The van der Waals surface area contributed by atoms with Crippen LogP contribution in [0.4, 0.5) is 5.69 Å². The molecule has 1 fully saturated rings. The Kier molecular flexibility index (Phi) is 9.07. The van der Waals surface area contributed by atoms with Crippen LogP contribution in [0, 0.1) is 5.92 Å². The summed E-state index contributed by atoms with van der Waals surface area (Å²) in [7, 11) is 0. The van der Waals surface area contributed by atoms with Gasteiger partial charge in [0.05, 0.1) is 19.8 Å². The second-order valence-corrected chi connectivity index (χ2v) is 8.37. The molecule has 7 nitrogen and oxygen atoms in total. The number of nitrogens with one attached hydrogen (secondary N) is 2. The van der Waals surface area contributed by atoms with Crippen molar-refractivity contribution in [2.45, 2.75) is 26.8 Å². The summed E-state index contributed by atoms with van der Waals surface area (Å²) < 4.78 is 11.0. The quantitative estimate of drug-likeness (QED) is 0.594. The van der Waals surface area contributed by atoms with Gasteiger partial charge in [-0.05, 0) is 41.8 Å². The van der Waals surface area contributed by atoms with Crippen molar-refractivity contribution in [2.75, 3.05) is 44.8 Å². The molecule has 7 heteroatoms. The van der Waals surface area contributed by atoms with Crippen molar-refractivity contribution in [1.82, 2.24) is 10.2 Å². The van der Waals surface area contributed by atoms with E-state index in [1.54, 1.807) is 12.1 Å². The summed E-state index contributed by atoms with van der Waals surface area (Å²) in [5.74, 6) is 0.920. The van der Waals surface area contributed by atoms with Crippen LogP contribution >= 0.6 is 0 Å². The van der Waals surface area contributed by atoms with Crippen molar-refractivity contribution in [1.29, 1.82) is 0 Å². The Morgan fingerprint density at radius 2 is 1.88 bits per heavy atom. The molecule has 2 aromatic rings. The molecule has 1 heterocycles. The first-order chi connectivity index (χ1) is 15.5. The highest BCUT2D eigenvalue weighted by atomic mass is 16.5. The van der Waals surface area contributed by atoms with Crippen LogP contribution in [0.1, 0.15) is 36.2 Å². The van der Waals surface area contributed by atoms with Crippen LogP contribution < -0.4 is 15.4 Å². The highest BCUT2D eigenvalue weighted by Crippen LogP contribution is 2.15. The van der Waals surface area contributed by atoms with Gasteiger partial charge in [-0.2, -0.15) is 0 Å². The fourth-order valence-electron chi connectivity index (χ4n) is 3.34. The molecule has 0 atom stereocenters. The maximum atomic E-state index is 12.6. The number of rotatable bonds is 10. The minimum atomic E-state index is -0.167. The van der Waals surface area contributed by atoms with Crippen molar-refractivity contribution >= 4 is 17.5 Å². The van der Waals surface area contributed by atoms with E-state index in [0.29, 0.717) is 36.8 Å². The van der Waals surface area contributed by atoms with Gasteiger partial charge in [-0.25, -0.2) is 0 Å². The lowest BCUT2D eigenvalue weighted by Gasteiger charge is -2.26. The summed E-state index contributed by atoms with van der Waals surface area (Å²) in [6.45, 7) is 9.06. The Morgan fingerprint density at radius 1 is 1.09 bits per heavy atom. The first-order valence-corrected chi connectivity index (χ1v) is 11.2. The van der Waals surface area contributed by atoms with Gasteiger partial charge in [-0.15, -0.1) is 0 Å². The Morgan fingerprint density at radius 3 is 2.66 bits per heavy atom. The number of carbonyl (C=O) groups is 2. The zero-order chi connectivity index (χ0) is 22.8. The first kappa shape index (κ1) is 23.8. The van der Waals surface area contributed by atoms with Crippen molar-refractivity contribution in [3.8, 4) is 5.75 Å². The summed E-state index contributed by atoms with van der Waals surface area (Å²) in [5.41, 5.74) is 2.20. The van der Waals surface area contributed by atoms with Crippen molar-refractivity contribution < 1.29 is 19.1 Å². The molecule has 1 saturated heterocycles. The molecule has 1 aliphatic rings. The minimum Gasteiger partial charge on any atom is -0.493 e. The third-order valence-corrected chi connectivity index (χ3v) is 5.10.